The Balaban J connectivity index is 2.16. The lowest BCUT2D eigenvalue weighted by Gasteiger charge is -2.43. The van der Waals surface area contributed by atoms with Gasteiger partial charge in [-0.05, 0) is 32.1 Å². The summed E-state index contributed by atoms with van der Waals surface area (Å²) in [5.74, 6) is 0.704. The van der Waals surface area contributed by atoms with Gasteiger partial charge in [0.1, 0.15) is 11.4 Å². The molecule has 0 unspecified atom stereocenters. The number of ether oxygens (including phenoxy) is 1. The summed E-state index contributed by atoms with van der Waals surface area (Å²) in [5.41, 5.74) is -0.688. The lowest BCUT2D eigenvalue weighted by molar-refractivity contribution is -0.164. The van der Waals surface area contributed by atoms with Crippen molar-refractivity contribution in [1.82, 2.24) is 0 Å². The van der Waals surface area contributed by atoms with Gasteiger partial charge in [-0.2, -0.15) is 0 Å². The average molecular weight is 250 g/mol. The van der Waals surface area contributed by atoms with Crippen LogP contribution in [0.15, 0.2) is 0 Å². The molecule has 0 radical (unpaired) electrons. The highest BCUT2D eigenvalue weighted by Gasteiger charge is 2.77. The van der Waals surface area contributed by atoms with Crippen LogP contribution in [0, 0.1) is 22.7 Å². The molecule has 0 bridgehead atoms. The molecule has 1 heterocycles. The van der Waals surface area contributed by atoms with Crippen molar-refractivity contribution in [2.24, 2.45) is 22.7 Å². The monoisotopic (exact) mass is 250 g/mol. The molecule has 3 aliphatic rings. The zero-order chi connectivity index (χ0) is 13.3. The number of esters is 1. The smallest absolute Gasteiger partial charge is 0.307 e. The lowest BCUT2D eigenvalue weighted by atomic mass is 9.65. The summed E-state index contributed by atoms with van der Waals surface area (Å²) in [7, 11) is 0. The molecule has 1 saturated heterocycles. The number of hydrogen-bond acceptors (Lipinski definition) is 3. The zero-order valence-electron chi connectivity index (χ0n) is 11.7. The summed E-state index contributed by atoms with van der Waals surface area (Å²) in [4.78, 5) is 23.8. The van der Waals surface area contributed by atoms with Crippen LogP contribution in [0.4, 0.5) is 0 Å². The van der Waals surface area contributed by atoms with Crippen LogP contribution in [0.5, 0.6) is 0 Å². The van der Waals surface area contributed by atoms with Gasteiger partial charge >= 0.3 is 5.97 Å². The summed E-state index contributed by atoms with van der Waals surface area (Å²) in [5, 5.41) is 0. The molecule has 3 heteroatoms. The Hall–Kier alpha value is -0.860. The minimum atomic E-state index is -0.382. The van der Waals surface area contributed by atoms with E-state index in [1.165, 1.54) is 0 Å². The molecule has 0 aromatic heterocycles. The normalized spacial score (nSPS) is 48.8. The van der Waals surface area contributed by atoms with Crippen LogP contribution < -0.4 is 0 Å². The number of carbonyl (C=O) groups is 2. The van der Waals surface area contributed by atoms with Crippen LogP contribution in [0.25, 0.3) is 0 Å². The summed E-state index contributed by atoms with van der Waals surface area (Å²) in [6.45, 7) is 8.15. The number of rotatable bonds is 1. The lowest BCUT2D eigenvalue weighted by Crippen LogP contribution is -2.49. The standard InChI is InChI=1S/C15H22O3/c1-9-5-6-15-13(3,4)11(10(2)16)7-14(9,15)8-12(17)18-15/h9,11H,5-8H2,1-4H3/t9-,11+,14-,15-/m1/s1. The van der Waals surface area contributed by atoms with E-state index >= 15 is 0 Å². The van der Waals surface area contributed by atoms with E-state index in [0.29, 0.717) is 12.3 Å². The molecule has 2 saturated carbocycles. The quantitative estimate of drug-likeness (QED) is 0.672. The summed E-state index contributed by atoms with van der Waals surface area (Å²) < 4.78 is 5.86. The average Bonchev–Trinajstić information content (AvgIpc) is 2.74. The third-order valence-electron chi connectivity index (χ3n) is 6.40. The number of ketones is 1. The molecule has 3 nitrogen and oxygen atoms in total. The molecule has 0 spiro atoms. The largest absolute Gasteiger partial charge is 0.458 e. The van der Waals surface area contributed by atoms with E-state index in [2.05, 4.69) is 20.8 Å². The predicted octanol–water partition coefficient (Wildman–Crippen LogP) is 2.72. The van der Waals surface area contributed by atoms with Gasteiger partial charge in [0.05, 0.1) is 6.42 Å². The van der Waals surface area contributed by atoms with Gasteiger partial charge in [0, 0.05) is 16.7 Å². The Morgan fingerprint density at radius 2 is 2.06 bits per heavy atom. The molecule has 3 rings (SSSR count). The maximum atomic E-state index is 12.0. The fraction of sp³-hybridized carbons (Fsp3) is 0.867. The molecular formula is C15H22O3. The SMILES string of the molecule is CC(=O)[C@@H]1C[C@]23CC(=O)O[C@]2(CC[C@H]3C)C1(C)C. The van der Waals surface area contributed by atoms with Gasteiger partial charge in [-0.3, -0.25) is 9.59 Å². The Morgan fingerprint density at radius 3 is 2.61 bits per heavy atom. The van der Waals surface area contributed by atoms with Gasteiger partial charge in [0.15, 0.2) is 0 Å². The molecule has 100 valence electrons. The highest BCUT2D eigenvalue weighted by Crippen LogP contribution is 2.74. The van der Waals surface area contributed by atoms with E-state index in [-0.39, 0.29) is 34.1 Å². The molecule has 0 N–H and O–H groups in total. The molecule has 0 aromatic rings. The van der Waals surface area contributed by atoms with Crippen molar-refractivity contribution < 1.29 is 14.3 Å². The molecule has 2 aliphatic carbocycles. The maximum absolute atomic E-state index is 12.0. The second kappa shape index (κ2) is 3.17. The van der Waals surface area contributed by atoms with Crippen molar-refractivity contribution in [2.45, 2.75) is 59.0 Å². The van der Waals surface area contributed by atoms with Crippen LogP contribution >= 0.6 is 0 Å². The Bertz CT molecular complexity index is 439. The minimum Gasteiger partial charge on any atom is -0.458 e. The topological polar surface area (TPSA) is 43.4 Å². The van der Waals surface area contributed by atoms with E-state index in [0.717, 1.165) is 19.3 Å². The van der Waals surface area contributed by atoms with E-state index in [1.54, 1.807) is 6.92 Å². The number of hydrogen-bond donors (Lipinski definition) is 0. The molecule has 4 atom stereocenters. The summed E-state index contributed by atoms with van der Waals surface area (Å²) in [6, 6.07) is 0. The summed E-state index contributed by atoms with van der Waals surface area (Å²) in [6.07, 6.45) is 3.39. The first-order chi connectivity index (χ1) is 8.27. The van der Waals surface area contributed by atoms with Crippen molar-refractivity contribution in [3.63, 3.8) is 0 Å². The van der Waals surface area contributed by atoms with Gasteiger partial charge in [-0.15, -0.1) is 0 Å². The zero-order valence-corrected chi connectivity index (χ0v) is 11.7. The van der Waals surface area contributed by atoms with Crippen molar-refractivity contribution in [1.29, 1.82) is 0 Å². The second-order valence-electron chi connectivity index (χ2n) is 7.16. The Kier molecular flexibility index (Phi) is 2.15. The predicted molar refractivity (Wildman–Crippen MR) is 66.8 cm³/mol. The third-order valence-corrected chi connectivity index (χ3v) is 6.40. The first-order valence-electron chi connectivity index (χ1n) is 6.99. The number of carbonyl (C=O) groups excluding carboxylic acids is 2. The first kappa shape index (κ1) is 12.2. The first-order valence-corrected chi connectivity index (χ1v) is 6.99. The van der Waals surface area contributed by atoms with Crippen LogP contribution in [0.3, 0.4) is 0 Å². The molecule has 0 aromatic carbocycles. The van der Waals surface area contributed by atoms with Gasteiger partial charge in [0.2, 0.25) is 0 Å². The third kappa shape index (κ3) is 1.03. The van der Waals surface area contributed by atoms with Crippen molar-refractivity contribution in [3.8, 4) is 0 Å². The van der Waals surface area contributed by atoms with Gasteiger partial charge in [-0.1, -0.05) is 20.8 Å². The van der Waals surface area contributed by atoms with E-state index in [4.69, 9.17) is 4.74 Å². The molecule has 18 heavy (non-hydrogen) atoms. The van der Waals surface area contributed by atoms with Gasteiger partial charge in [0.25, 0.3) is 0 Å². The fourth-order valence-corrected chi connectivity index (χ4v) is 5.39. The van der Waals surface area contributed by atoms with E-state index < -0.39 is 0 Å². The van der Waals surface area contributed by atoms with E-state index in [1.807, 2.05) is 0 Å². The van der Waals surface area contributed by atoms with E-state index in [9.17, 15) is 9.59 Å². The molecule has 0 amide bonds. The molecular weight excluding hydrogens is 228 g/mol. The Labute approximate surface area is 108 Å². The van der Waals surface area contributed by atoms with Crippen molar-refractivity contribution in [2.75, 3.05) is 0 Å². The van der Waals surface area contributed by atoms with Crippen LogP contribution in [0.1, 0.15) is 53.4 Å². The van der Waals surface area contributed by atoms with Crippen LogP contribution in [-0.2, 0) is 14.3 Å². The fourth-order valence-electron chi connectivity index (χ4n) is 5.39. The van der Waals surface area contributed by atoms with Crippen LogP contribution in [-0.4, -0.2) is 17.4 Å². The Morgan fingerprint density at radius 1 is 1.39 bits per heavy atom. The van der Waals surface area contributed by atoms with Gasteiger partial charge < -0.3 is 4.74 Å². The maximum Gasteiger partial charge on any atom is 0.307 e. The highest BCUT2D eigenvalue weighted by atomic mass is 16.6. The van der Waals surface area contributed by atoms with Crippen molar-refractivity contribution >= 4 is 11.8 Å². The molecule has 3 fully saturated rings. The minimum absolute atomic E-state index is 0.0355. The molecule has 1 aliphatic heterocycles. The van der Waals surface area contributed by atoms with Crippen LogP contribution in [0.2, 0.25) is 0 Å². The van der Waals surface area contributed by atoms with Crippen molar-refractivity contribution in [3.05, 3.63) is 0 Å². The second-order valence-corrected chi connectivity index (χ2v) is 7.16. The summed E-state index contributed by atoms with van der Waals surface area (Å²) >= 11 is 0. The van der Waals surface area contributed by atoms with Gasteiger partial charge in [-0.25, -0.2) is 0 Å². The highest BCUT2D eigenvalue weighted by molar-refractivity contribution is 5.82. The number of Topliss-reactive ketones (excluding diaryl/α,β-unsaturated/α-hetero) is 1.